The molecule has 134 valence electrons. The van der Waals surface area contributed by atoms with Crippen LogP contribution in [0.25, 0.3) is 0 Å². The van der Waals surface area contributed by atoms with Crippen LogP contribution in [-0.4, -0.2) is 14.9 Å². The summed E-state index contributed by atoms with van der Waals surface area (Å²) in [5.74, 6) is 0. The zero-order chi connectivity index (χ0) is 18.3. The molecule has 2 heteroatoms. The van der Waals surface area contributed by atoms with Gasteiger partial charge in [-0.2, -0.15) is 0 Å². The third kappa shape index (κ3) is 9.32. The smallest absolute Gasteiger partial charge is 0.192 e. The van der Waals surface area contributed by atoms with Crippen LogP contribution in [0.2, 0.25) is 18.1 Å². The van der Waals surface area contributed by atoms with Gasteiger partial charge in [0.2, 0.25) is 0 Å². The van der Waals surface area contributed by atoms with Gasteiger partial charge < -0.3 is 4.43 Å². The lowest BCUT2D eigenvalue weighted by atomic mass is 10.0. The van der Waals surface area contributed by atoms with Gasteiger partial charge in [-0.3, -0.25) is 0 Å². The number of allylic oxidation sites excluding steroid dienone is 5. The van der Waals surface area contributed by atoms with Crippen LogP contribution in [0.5, 0.6) is 0 Å². The van der Waals surface area contributed by atoms with Crippen LogP contribution in [0.1, 0.15) is 74.7 Å². The maximum atomic E-state index is 6.40. The Kier molecular flexibility index (Phi) is 9.38. The standard InChI is InChI=1S/C21H40OSi/c1-17(2)12-11-13-19(5)14-15-20(18(3)4)16-22-23(9,10)21(6,7)8/h12,14H,11,13,15-16H2,1-10H3/b19-14+. The van der Waals surface area contributed by atoms with E-state index in [0.29, 0.717) is 0 Å². The van der Waals surface area contributed by atoms with Crippen LogP contribution in [0.4, 0.5) is 0 Å². The second-order valence-corrected chi connectivity index (χ2v) is 13.5. The average molecular weight is 337 g/mol. The third-order valence-corrected chi connectivity index (χ3v) is 9.39. The van der Waals surface area contributed by atoms with Crippen LogP contribution in [0.3, 0.4) is 0 Å². The molecule has 0 aromatic rings. The number of rotatable bonds is 8. The SMILES string of the molecule is CC(C)=CCC/C(C)=C/CC(CO[Si](C)(C)C(C)(C)C)=C(C)C. The summed E-state index contributed by atoms with van der Waals surface area (Å²) in [7, 11) is -1.67. The Bertz CT molecular complexity index is 451. The Morgan fingerprint density at radius 1 is 0.957 bits per heavy atom. The molecule has 0 aliphatic rings. The molecule has 0 atom stereocenters. The van der Waals surface area contributed by atoms with Gasteiger partial charge in [-0.25, -0.2) is 0 Å². The van der Waals surface area contributed by atoms with Gasteiger partial charge in [-0.1, -0.05) is 49.6 Å². The molecule has 0 fully saturated rings. The van der Waals surface area contributed by atoms with E-state index in [1.807, 2.05) is 0 Å². The van der Waals surface area contributed by atoms with Gasteiger partial charge in [0, 0.05) is 0 Å². The van der Waals surface area contributed by atoms with Crippen molar-refractivity contribution in [2.45, 2.75) is 92.8 Å². The molecule has 1 nitrogen and oxygen atoms in total. The predicted octanol–water partition coefficient (Wildman–Crippen LogP) is 7.43. The predicted molar refractivity (Wildman–Crippen MR) is 109 cm³/mol. The topological polar surface area (TPSA) is 9.23 Å². The van der Waals surface area contributed by atoms with Crippen molar-refractivity contribution < 1.29 is 4.43 Å². The first-order chi connectivity index (χ1) is 10.4. The Labute approximate surface area is 147 Å². The van der Waals surface area contributed by atoms with E-state index in [1.54, 1.807) is 0 Å². The van der Waals surface area contributed by atoms with Crippen LogP contribution >= 0.6 is 0 Å². The summed E-state index contributed by atoms with van der Waals surface area (Å²) >= 11 is 0. The first kappa shape index (κ1) is 22.4. The number of hydrogen-bond donors (Lipinski definition) is 0. The highest BCUT2D eigenvalue weighted by molar-refractivity contribution is 6.74. The zero-order valence-corrected chi connectivity index (χ0v) is 18.4. The highest BCUT2D eigenvalue weighted by atomic mass is 28.4. The minimum atomic E-state index is -1.67. The number of hydrogen-bond acceptors (Lipinski definition) is 1. The van der Waals surface area contributed by atoms with Crippen molar-refractivity contribution in [3.05, 3.63) is 34.4 Å². The van der Waals surface area contributed by atoms with Crippen LogP contribution in [0, 0.1) is 0 Å². The van der Waals surface area contributed by atoms with Gasteiger partial charge in [0.25, 0.3) is 0 Å². The molecule has 0 aliphatic heterocycles. The summed E-state index contributed by atoms with van der Waals surface area (Å²) in [5.41, 5.74) is 5.73. The fourth-order valence-corrected chi connectivity index (χ4v) is 2.85. The first-order valence-corrected chi connectivity index (χ1v) is 11.9. The van der Waals surface area contributed by atoms with E-state index in [4.69, 9.17) is 4.43 Å². The molecule has 23 heavy (non-hydrogen) atoms. The van der Waals surface area contributed by atoms with Crippen molar-refractivity contribution >= 4 is 8.32 Å². The van der Waals surface area contributed by atoms with Crippen molar-refractivity contribution in [2.75, 3.05) is 6.61 Å². The molecule has 0 radical (unpaired) electrons. The third-order valence-electron chi connectivity index (χ3n) is 4.91. The van der Waals surface area contributed by atoms with Gasteiger partial charge in [0.1, 0.15) is 0 Å². The molecule has 0 saturated carbocycles. The van der Waals surface area contributed by atoms with Gasteiger partial charge in [-0.15, -0.1) is 0 Å². The maximum Gasteiger partial charge on any atom is 0.192 e. The molecular formula is C21H40OSi. The summed E-state index contributed by atoms with van der Waals surface area (Å²) in [5, 5.41) is 0.274. The van der Waals surface area contributed by atoms with Crippen molar-refractivity contribution in [2.24, 2.45) is 0 Å². The normalized spacial score (nSPS) is 13.0. The van der Waals surface area contributed by atoms with E-state index in [0.717, 1.165) is 25.9 Å². The average Bonchev–Trinajstić information content (AvgIpc) is 2.36. The summed E-state index contributed by atoms with van der Waals surface area (Å²) in [6, 6.07) is 0. The molecule has 0 unspecified atom stereocenters. The Balaban J connectivity index is 4.68. The molecule has 0 bridgehead atoms. The van der Waals surface area contributed by atoms with Crippen molar-refractivity contribution in [3.8, 4) is 0 Å². The Morgan fingerprint density at radius 3 is 1.96 bits per heavy atom. The lowest BCUT2D eigenvalue weighted by Gasteiger charge is -2.36. The molecule has 0 spiro atoms. The quantitative estimate of drug-likeness (QED) is 0.331. The van der Waals surface area contributed by atoms with E-state index in [2.05, 4.69) is 80.6 Å². The van der Waals surface area contributed by atoms with Crippen molar-refractivity contribution in [3.63, 3.8) is 0 Å². The highest BCUT2D eigenvalue weighted by Gasteiger charge is 2.37. The molecular weight excluding hydrogens is 296 g/mol. The summed E-state index contributed by atoms with van der Waals surface area (Å²) in [6.07, 6.45) is 8.03. The Hall–Kier alpha value is -0.603. The van der Waals surface area contributed by atoms with Gasteiger partial charge in [0.05, 0.1) is 6.61 Å². The molecule has 0 aliphatic carbocycles. The Morgan fingerprint density at radius 2 is 1.52 bits per heavy atom. The summed E-state index contributed by atoms with van der Waals surface area (Å²) in [6.45, 7) is 23.3. The molecule has 0 aromatic carbocycles. The summed E-state index contributed by atoms with van der Waals surface area (Å²) in [4.78, 5) is 0. The lowest BCUT2D eigenvalue weighted by molar-refractivity contribution is 0.315. The van der Waals surface area contributed by atoms with E-state index < -0.39 is 8.32 Å². The molecule has 0 rings (SSSR count). The molecule has 0 heterocycles. The minimum Gasteiger partial charge on any atom is -0.413 e. The van der Waals surface area contributed by atoms with E-state index >= 15 is 0 Å². The first-order valence-electron chi connectivity index (χ1n) is 8.95. The van der Waals surface area contributed by atoms with E-state index in [1.165, 1.54) is 22.3 Å². The molecule has 0 saturated heterocycles. The van der Waals surface area contributed by atoms with Gasteiger partial charge >= 0.3 is 0 Å². The fraction of sp³-hybridized carbons (Fsp3) is 0.714. The fourth-order valence-electron chi connectivity index (χ4n) is 1.88. The van der Waals surface area contributed by atoms with E-state index in [9.17, 15) is 0 Å². The van der Waals surface area contributed by atoms with Gasteiger partial charge in [-0.05, 0) is 77.6 Å². The van der Waals surface area contributed by atoms with Crippen LogP contribution < -0.4 is 0 Å². The minimum absolute atomic E-state index is 0.274. The van der Waals surface area contributed by atoms with Crippen LogP contribution in [-0.2, 0) is 4.43 Å². The zero-order valence-electron chi connectivity index (χ0n) is 17.4. The highest BCUT2D eigenvalue weighted by Crippen LogP contribution is 2.37. The molecule has 0 aromatic heterocycles. The lowest BCUT2D eigenvalue weighted by Crippen LogP contribution is -2.41. The maximum absolute atomic E-state index is 6.40. The monoisotopic (exact) mass is 336 g/mol. The second-order valence-electron chi connectivity index (χ2n) is 8.73. The largest absolute Gasteiger partial charge is 0.413 e. The second kappa shape index (κ2) is 9.63. The van der Waals surface area contributed by atoms with E-state index in [-0.39, 0.29) is 5.04 Å². The van der Waals surface area contributed by atoms with Crippen molar-refractivity contribution in [1.29, 1.82) is 0 Å². The van der Waals surface area contributed by atoms with Crippen LogP contribution in [0.15, 0.2) is 34.4 Å². The van der Waals surface area contributed by atoms with Gasteiger partial charge in [0.15, 0.2) is 8.32 Å². The summed E-state index contributed by atoms with van der Waals surface area (Å²) < 4.78 is 6.40. The van der Waals surface area contributed by atoms with Crippen molar-refractivity contribution in [1.82, 2.24) is 0 Å². The molecule has 0 amide bonds. The molecule has 0 N–H and O–H groups in total.